The SMILES string of the molecule is CCOC(=O)CC1CCN(C(=O)c2cc3nc(-c4cc(F)c(Cl)c(F)c4)cc(N(C)c4ccccc4Cl)n3n2)CC1. The summed E-state index contributed by atoms with van der Waals surface area (Å²) < 4.78 is 35.2. The molecule has 2 aromatic heterocycles. The molecule has 1 aliphatic rings. The molecule has 1 amide bonds. The largest absolute Gasteiger partial charge is 0.466 e. The van der Waals surface area contributed by atoms with Crippen molar-refractivity contribution in [1.29, 1.82) is 0 Å². The molecule has 1 saturated heterocycles. The van der Waals surface area contributed by atoms with Gasteiger partial charge in [0.2, 0.25) is 0 Å². The highest BCUT2D eigenvalue weighted by Crippen LogP contribution is 2.34. The van der Waals surface area contributed by atoms with E-state index < -0.39 is 16.7 Å². The Labute approximate surface area is 245 Å². The van der Waals surface area contributed by atoms with E-state index in [-0.39, 0.29) is 34.7 Å². The van der Waals surface area contributed by atoms with Crippen molar-refractivity contribution in [3.8, 4) is 11.3 Å². The van der Waals surface area contributed by atoms with Gasteiger partial charge in [0.05, 0.1) is 23.0 Å². The van der Waals surface area contributed by atoms with E-state index in [4.69, 9.17) is 27.9 Å². The van der Waals surface area contributed by atoms with Crippen LogP contribution in [0.25, 0.3) is 16.9 Å². The molecule has 3 heterocycles. The smallest absolute Gasteiger partial charge is 0.306 e. The molecule has 0 saturated carbocycles. The number of carbonyl (C=O) groups is 2. The summed E-state index contributed by atoms with van der Waals surface area (Å²) in [6.45, 7) is 3.07. The second-order valence-electron chi connectivity index (χ2n) is 9.81. The number of halogens is 4. The Balaban J connectivity index is 1.50. The van der Waals surface area contributed by atoms with E-state index in [1.807, 2.05) is 12.1 Å². The standard InChI is InChI=1S/C29H27Cl2F2N5O3/c1-3-41-27(39)12-17-8-10-37(11-9-17)29(40)23-15-25-34-22(18-13-20(32)28(31)21(33)14-18)16-26(38(25)35-23)36(2)24-7-5-4-6-19(24)30/h4-7,13-17H,3,8-12H2,1-2H3. The first-order valence-corrected chi connectivity index (χ1v) is 13.9. The molecule has 41 heavy (non-hydrogen) atoms. The van der Waals surface area contributed by atoms with Crippen LogP contribution in [0.2, 0.25) is 10.0 Å². The number of rotatable bonds is 7. The predicted octanol–water partition coefficient (Wildman–Crippen LogP) is 6.55. The Bertz CT molecular complexity index is 1600. The van der Waals surface area contributed by atoms with E-state index in [0.717, 1.165) is 12.1 Å². The Morgan fingerprint density at radius 3 is 2.41 bits per heavy atom. The van der Waals surface area contributed by atoms with Crippen LogP contribution in [-0.2, 0) is 9.53 Å². The Morgan fingerprint density at radius 1 is 1.07 bits per heavy atom. The molecule has 5 rings (SSSR count). The van der Waals surface area contributed by atoms with Crippen molar-refractivity contribution in [2.24, 2.45) is 5.92 Å². The van der Waals surface area contributed by atoms with E-state index in [0.29, 0.717) is 61.1 Å². The predicted molar refractivity (Wildman–Crippen MR) is 153 cm³/mol. The van der Waals surface area contributed by atoms with E-state index in [9.17, 15) is 18.4 Å². The molecule has 12 heteroatoms. The van der Waals surface area contributed by atoms with Crippen LogP contribution < -0.4 is 4.90 Å². The minimum Gasteiger partial charge on any atom is -0.466 e. The lowest BCUT2D eigenvalue weighted by atomic mass is 9.93. The van der Waals surface area contributed by atoms with Crippen LogP contribution in [0.1, 0.15) is 36.7 Å². The molecule has 0 bridgehead atoms. The highest BCUT2D eigenvalue weighted by atomic mass is 35.5. The third-order valence-electron chi connectivity index (χ3n) is 7.13. The van der Waals surface area contributed by atoms with Crippen LogP contribution >= 0.6 is 23.2 Å². The number of benzene rings is 2. The van der Waals surface area contributed by atoms with Crippen molar-refractivity contribution in [1.82, 2.24) is 19.5 Å². The molecule has 0 spiro atoms. The van der Waals surface area contributed by atoms with Gasteiger partial charge in [0.25, 0.3) is 5.91 Å². The van der Waals surface area contributed by atoms with Crippen LogP contribution in [0, 0.1) is 17.6 Å². The fourth-order valence-corrected chi connectivity index (χ4v) is 5.33. The molecule has 0 radical (unpaired) electrons. The number of ether oxygens (including phenoxy) is 1. The number of likely N-dealkylation sites (tertiary alicyclic amines) is 1. The maximum atomic E-state index is 14.3. The lowest BCUT2D eigenvalue weighted by Gasteiger charge is -2.31. The molecule has 0 unspecified atom stereocenters. The fourth-order valence-electron chi connectivity index (χ4n) is 4.96. The van der Waals surface area contributed by atoms with E-state index in [2.05, 4.69) is 10.1 Å². The Hall–Kier alpha value is -3.76. The fraction of sp³-hybridized carbons (Fsp3) is 0.310. The number of aromatic nitrogens is 3. The average Bonchev–Trinajstić information content (AvgIpc) is 3.39. The van der Waals surface area contributed by atoms with Gasteiger partial charge in [0.1, 0.15) is 22.5 Å². The molecule has 2 aromatic carbocycles. The first-order valence-electron chi connectivity index (χ1n) is 13.1. The van der Waals surface area contributed by atoms with Gasteiger partial charge in [-0.15, -0.1) is 0 Å². The normalized spacial score (nSPS) is 14.0. The monoisotopic (exact) mass is 601 g/mol. The van der Waals surface area contributed by atoms with Gasteiger partial charge in [-0.05, 0) is 49.9 Å². The third kappa shape index (κ3) is 5.99. The minimum absolute atomic E-state index is 0.152. The second kappa shape index (κ2) is 12.0. The van der Waals surface area contributed by atoms with Crippen LogP contribution in [0.15, 0.2) is 48.5 Å². The van der Waals surface area contributed by atoms with E-state index >= 15 is 0 Å². The van der Waals surface area contributed by atoms with E-state index in [1.54, 1.807) is 48.0 Å². The van der Waals surface area contributed by atoms with E-state index in [1.165, 1.54) is 4.52 Å². The van der Waals surface area contributed by atoms with Crippen molar-refractivity contribution >= 4 is 52.2 Å². The summed E-state index contributed by atoms with van der Waals surface area (Å²) >= 11 is 12.2. The average molecular weight is 602 g/mol. The maximum absolute atomic E-state index is 14.3. The summed E-state index contributed by atoms with van der Waals surface area (Å²) in [6, 6.07) is 12.5. The molecule has 214 valence electrons. The van der Waals surface area contributed by atoms with Crippen molar-refractivity contribution in [2.75, 3.05) is 31.6 Å². The lowest BCUT2D eigenvalue weighted by Crippen LogP contribution is -2.39. The molecule has 1 fully saturated rings. The molecule has 0 aliphatic carbocycles. The summed E-state index contributed by atoms with van der Waals surface area (Å²) in [5.41, 5.74) is 1.53. The molecule has 0 N–H and O–H groups in total. The first kappa shape index (κ1) is 28.8. The summed E-state index contributed by atoms with van der Waals surface area (Å²) in [7, 11) is 1.76. The Morgan fingerprint density at radius 2 is 1.76 bits per heavy atom. The minimum atomic E-state index is -0.917. The number of hydrogen-bond acceptors (Lipinski definition) is 6. The summed E-state index contributed by atoms with van der Waals surface area (Å²) in [6.07, 6.45) is 1.68. The van der Waals surface area contributed by atoms with Crippen molar-refractivity contribution < 1.29 is 23.1 Å². The zero-order valence-corrected chi connectivity index (χ0v) is 23.9. The lowest BCUT2D eigenvalue weighted by molar-refractivity contribution is -0.144. The van der Waals surface area contributed by atoms with Crippen LogP contribution in [-0.4, -0.2) is 58.1 Å². The van der Waals surface area contributed by atoms with Gasteiger partial charge in [-0.3, -0.25) is 9.59 Å². The van der Waals surface area contributed by atoms with Crippen molar-refractivity contribution in [3.05, 3.63) is 75.9 Å². The van der Waals surface area contributed by atoms with Crippen LogP contribution in [0.5, 0.6) is 0 Å². The highest BCUT2D eigenvalue weighted by molar-refractivity contribution is 6.33. The van der Waals surface area contributed by atoms with Gasteiger partial charge >= 0.3 is 5.97 Å². The Kier molecular flexibility index (Phi) is 8.42. The highest BCUT2D eigenvalue weighted by Gasteiger charge is 2.28. The zero-order chi connectivity index (χ0) is 29.3. The van der Waals surface area contributed by atoms with Crippen LogP contribution in [0.3, 0.4) is 0 Å². The number of fused-ring (bicyclic) bond motifs is 1. The first-order chi connectivity index (χ1) is 19.7. The second-order valence-corrected chi connectivity index (χ2v) is 10.6. The number of esters is 1. The summed E-state index contributed by atoms with van der Waals surface area (Å²) in [5, 5.41) is 4.44. The zero-order valence-electron chi connectivity index (χ0n) is 22.4. The van der Waals surface area contributed by atoms with Gasteiger partial charge in [-0.25, -0.2) is 13.8 Å². The van der Waals surface area contributed by atoms with Crippen LogP contribution in [0.4, 0.5) is 20.3 Å². The van der Waals surface area contributed by atoms with Crippen molar-refractivity contribution in [2.45, 2.75) is 26.2 Å². The van der Waals surface area contributed by atoms with Gasteiger partial charge < -0.3 is 14.5 Å². The number of piperidine rings is 1. The van der Waals surface area contributed by atoms with Crippen molar-refractivity contribution in [3.63, 3.8) is 0 Å². The molecule has 0 atom stereocenters. The summed E-state index contributed by atoms with van der Waals surface area (Å²) in [5.74, 6) is -1.72. The van der Waals surface area contributed by atoms with Gasteiger partial charge in [-0.2, -0.15) is 9.61 Å². The number of amides is 1. The number of para-hydroxylation sites is 1. The number of nitrogens with zero attached hydrogens (tertiary/aromatic N) is 5. The van der Waals surface area contributed by atoms with Gasteiger partial charge in [-0.1, -0.05) is 35.3 Å². The molecular formula is C29H27Cl2F2N5O3. The summed E-state index contributed by atoms with van der Waals surface area (Å²) in [4.78, 5) is 33.4. The van der Waals surface area contributed by atoms with Gasteiger partial charge in [0, 0.05) is 44.3 Å². The number of hydrogen-bond donors (Lipinski definition) is 0. The van der Waals surface area contributed by atoms with Gasteiger partial charge in [0.15, 0.2) is 11.3 Å². The third-order valence-corrected chi connectivity index (χ3v) is 7.81. The number of anilines is 2. The molecule has 4 aromatic rings. The number of carbonyl (C=O) groups excluding carboxylic acids is 2. The molecule has 8 nitrogen and oxygen atoms in total. The maximum Gasteiger partial charge on any atom is 0.306 e. The quantitative estimate of drug-likeness (QED) is 0.176. The molecule has 1 aliphatic heterocycles. The molecular weight excluding hydrogens is 575 g/mol. The topological polar surface area (TPSA) is 80.0 Å².